The van der Waals surface area contributed by atoms with Gasteiger partial charge in [-0.1, -0.05) is 19.1 Å². The number of para-hydroxylation sites is 2. The fourth-order valence-corrected chi connectivity index (χ4v) is 2.26. The third-order valence-corrected chi connectivity index (χ3v) is 3.47. The number of Topliss-reactive ketones (excluding diaryl/α,β-unsaturated/α-hetero) is 1. The molecule has 2 aromatic heterocycles. The van der Waals surface area contributed by atoms with E-state index in [0.29, 0.717) is 5.69 Å². The van der Waals surface area contributed by atoms with Crippen LogP contribution in [-0.2, 0) is 19.9 Å². The molecular formula is C16H16N4O. The highest BCUT2D eigenvalue weighted by Crippen LogP contribution is 2.11. The van der Waals surface area contributed by atoms with Crippen LogP contribution in [0, 0.1) is 0 Å². The molecule has 0 unspecified atom stereocenters. The van der Waals surface area contributed by atoms with Gasteiger partial charge in [0.25, 0.3) is 0 Å². The minimum absolute atomic E-state index is 0.0427. The number of hydrogen-bond donors (Lipinski definition) is 0. The van der Waals surface area contributed by atoms with Crippen LogP contribution in [0.3, 0.4) is 0 Å². The van der Waals surface area contributed by atoms with Crippen molar-refractivity contribution in [1.82, 2.24) is 19.7 Å². The van der Waals surface area contributed by atoms with Gasteiger partial charge in [0.1, 0.15) is 5.69 Å². The zero-order valence-electron chi connectivity index (χ0n) is 12.1. The highest BCUT2D eigenvalue weighted by Gasteiger charge is 2.13. The average Bonchev–Trinajstić information content (AvgIpc) is 2.87. The molecule has 3 aromatic rings. The summed E-state index contributed by atoms with van der Waals surface area (Å²) in [5, 5.41) is 4.35. The molecule has 106 valence electrons. The first-order chi connectivity index (χ1) is 10.2. The first-order valence-electron chi connectivity index (χ1n) is 6.94. The molecule has 0 saturated heterocycles. The second kappa shape index (κ2) is 5.44. The lowest BCUT2D eigenvalue weighted by atomic mass is 10.1. The van der Waals surface area contributed by atoms with Crippen molar-refractivity contribution in [3.8, 4) is 0 Å². The lowest BCUT2D eigenvalue weighted by Crippen LogP contribution is -2.10. The number of aryl methyl sites for hydroxylation is 2. The van der Waals surface area contributed by atoms with Crippen LogP contribution in [0.5, 0.6) is 0 Å². The number of benzene rings is 1. The summed E-state index contributed by atoms with van der Waals surface area (Å²) in [5.74, 6) is -0.0427. The van der Waals surface area contributed by atoms with Crippen molar-refractivity contribution < 1.29 is 4.79 Å². The van der Waals surface area contributed by atoms with E-state index in [9.17, 15) is 4.79 Å². The maximum Gasteiger partial charge on any atom is 0.188 e. The van der Waals surface area contributed by atoms with Crippen LogP contribution in [0.25, 0.3) is 11.0 Å². The zero-order valence-corrected chi connectivity index (χ0v) is 12.1. The number of fused-ring (bicyclic) bond motifs is 1. The summed E-state index contributed by atoms with van der Waals surface area (Å²) >= 11 is 0. The summed E-state index contributed by atoms with van der Waals surface area (Å²) < 4.78 is 1.76. The Morgan fingerprint density at radius 2 is 2.00 bits per heavy atom. The first kappa shape index (κ1) is 13.4. The van der Waals surface area contributed by atoms with E-state index in [4.69, 9.17) is 0 Å². The Labute approximate surface area is 122 Å². The van der Waals surface area contributed by atoms with Gasteiger partial charge in [-0.05, 0) is 24.6 Å². The molecular weight excluding hydrogens is 264 g/mol. The maximum atomic E-state index is 12.4. The molecule has 21 heavy (non-hydrogen) atoms. The Morgan fingerprint density at radius 3 is 2.71 bits per heavy atom. The molecule has 0 saturated carbocycles. The van der Waals surface area contributed by atoms with Crippen LogP contribution >= 0.6 is 0 Å². The van der Waals surface area contributed by atoms with Gasteiger partial charge < -0.3 is 0 Å². The molecule has 3 rings (SSSR count). The van der Waals surface area contributed by atoms with Gasteiger partial charge in [-0.3, -0.25) is 14.5 Å². The number of ketones is 1. The Bertz CT molecular complexity index is 807. The lowest BCUT2D eigenvalue weighted by Gasteiger charge is -2.02. The summed E-state index contributed by atoms with van der Waals surface area (Å²) in [6.07, 6.45) is 2.69. The van der Waals surface area contributed by atoms with Crippen molar-refractivity contribution in [2.24, 2.45) is 7.05 Å². The molecule has 0 aliphatic carbocycles. The van der Waals surface area contributed by atoms with Crippen LogP contribution in [0.1, 0.15) is 28.8 Å². The van der Waals surface area contributed by atoms with E-state index >= 15 is 0 Å². The predicted molar refractivity (Wildman–Crippen MR) is 80.2 cm³/mol. The quantitative estimate of drug-likeness (QED) is 0.688. The molecule has 0 aliphatic rings. The number of aromatic nitrogens is 4. The molecule has 0 aliphatic heterocycles. The minimum Gasteiger partial charge on any atom is -0.292 e. The second-order valence-electron chi connectivity index (χ2n) is 4.95. The second-order valence-corrected chi connectivity index (χ2v) is 4.95. The smallest absolute Gasteiger partial charge is 0.188 e. The van der Waals surface area contributed by atoms with E-state index in [1.807, 2.05) is 44.3 Å². The Balaban J connectivity index is 1.87. The molecule has 0 amide bonds. The SMILES string of the molecule is CCc1cc(CC(=O)c2cnc3ccccc3n2)n(C)n1. The van der Waals surface area contributed by atoms with Gasteiger partial charge >= 0.3 is 0 Å². The zero-order chi connectivity index (χ0) is 14.8. The van der Waals surface area contributed by atoms with Crippen LogP contribution in [0.15, 0.2) is 36.5 Å². The monoisotopic (exact) mass is 280 g/mol. The van der Waals surface area contributed by atoms with Crippen molar-refractivity contribution in [3.63, 3.8) is 0 Å². The molecule has 0 spiro atoms. The van der Waals surface area contributed by atoms with Crippen LogP contribution in [0.4, 0.5) is 0 Å². The summed E-state index contributed by atoms with van der Waals surface area (Å²) in [5.41, 5.74) is 3.81. The van der Waals surface area contributed by atoms with Crippen LogP contribution < -0.4 is 0 Å². The van der Waals surface area contributed by atoms with Crippen LogP contribution in [0.2, 0.25) is 0 Å². The van der Waals surface area contributed by atoms with E-state index in [1.165, 1.54) is 0 Å². The van der Waals surface area contributed by atoms with E-state index in [2.05, 4.69) is 15.1 Å². The van der Waals surface area contributed by atoms with E-state index < -0.39 is 0 Å². The van der Waals surface area contributed by atoms with Crippen molar-refractivity contribution >= 4 is 16.8 Å². The van der Waals surface area contributed by atoms with Gasteiger partial charge in [-0.25, -0.2) is 4.98 Å². The highest BCUT2D eigenvalue weighted by atomic mass is 16.1. The number of nitrogens with zero attached hydrogens (tertiary/aromatic N) is 4. The van der Waals surface area contributed by atoms with Gasteiger partial charge in [0.05, 0.1) is 29.3 Å². The minimum atomic E-state index is -0.0427. The summed E-state index contributed by atoms with van der Waals surface area (Å²) in [4.78, 5) is 21.0. The van der Waals surface area contributed by atoms with E-state index in [-0.39, 0.29) is 12.2 Å². The fraction of sp³-hybridized carbons (Fsp3) is 0.250. The molecule has 1 aromatic carbocycles. The van der Waals surface area contributed by atoms with Gasteiger partial charge in [0.2, 0.25) is 0 Å². The van der Waals surface area contributed by atoms with Gasteiger partial charge in [0.15, 0.2) is 5.78 Å². The Morgan fingerprint density at radius 1 is 1.24 bits per heavy atom. The molecule has 5 heteroatoms. The summed E-state index contributed by atoms with van der Waals surface area (Å²) in [6, 6.07) is 9.50. The average molecular weight is 280 g/mol. The molecule has 5 nitrogen and oxygen atoms in total. The molecule has 0 radical (unpaired) electrons. The molecule has 0 atom stereocenters. The van der Waals surface area contributed by atoms with Gasteiger partial charge in [-0.15, -0.1) is 0 Å². The largest absolute Gasteiger partial charge is 0.292 e. The number of carbonyl (C=O) groups excluding carboxylic acids is 1. The number of hydrogen-bond acceptors (Lipinski definition) is 4. The van der Waals surface area contributed by atoms with E-state index in [1.54, 1.807) is 10.9 Å². The van der Waals surface area contributed by atoms with Crippen LogP contribution in [-0.4, -0.2) is 25.5 Å². The molecule has 0 fully saturated rings. The number of rotatable bonds is 4. The highest BCUT2D eigenvalue weighted by molar-refractivity contribution is 5.96. The normalized spacial score (nSPS) is 11.0. The third-order valence-electron chi connectivity index (χ3n) is 3.47. The van der Waals surface area contributed by atoms with Gasteiger partial charge in [0, 0.05) is 12.7 Å². The van der Waals surface area contributed by atoms with E-state index in [0.717, 1.165) is 28.8 Å². The molecule has 0 N–H and O–H groups in total. The van der Waals surface area contributed by atoms with Crippen molar-refractivity contribution in [2.45, 2.75) is 19.8 Å². The van der Waals surface area contributed by atoms with Crippen molar-refractivity contribution in [1.29, 1.82) is 0 Å². The number of carbonyl (C=O) groups is 1. The molecule has 0 bridgehead atoms. The Hall–Kier alpha value is -2.56. The van der Waals surface area contributed by atoms with Crippen molar-refractivity contribution in [3.05, 3.63) is 53.6 Å². The Kier molecular flexibility index (Phi) is 3.48. The topological polar surface area (TPSA) is 60.7 Å². The first-order valence-corrected chi connectivity index (χ1v) is 6.94. The summed E-state index contributed by atoms with van der Waals surface area (Å²) in [6.45, 7) is 2.04. The maximum absolute atomic E-state index is 12.4. The van der Waals surface area contributed by atoms with Gasteiger partial charge in [-0.2, -0.15) is 5.10 Å². The predicted octanol–water partition coefficient (Wildman–Crippen LogP) is 2.35. The molecule has 2 heterocycles. The summed E-state index contributed by atoms with van der Waals surface area (Å²) in [7, 11) is 1.86. The standard InChI is InChI=1S/C16H16N4O/c1-3-11-8-12(20(2)19-11)9-16(21)15-10-17-13-6-4-5-7-14(13)18-15/h4-8,10H,3,9H2,1-2H3. The van der Waals surface area contributed by atoms with Crippen molar-refractivity contribution in [2.75, 3.05) is 0 Å². The lowest BCUT2D eigenvalue weighted by molar-refractivity contribution is 0.0986. The third kappa shape index (κ3) is 2.67. The fourth-order valence-electron chi connectivity index (χ4n) is 2.26.